The second-order valence-electron chi connectivity index (χ2n) is 4.02. The van der Waals surface area contributed by atoms with Crippen LogP contribution in [-0.2, 0) is 4.74 Å². The van der Waals surface area contributed by atoms with Crippen molar-refractivity contribution in [3.05, 3.63) is 23.8 Å². The second-order valence-corrected chi connectivity index (χ2v) is 4.02. The Morgan fingerprint density at radius 3 is 2.71 bits per heavy atom. The van der Waals surface area contributed by atoms with Crippen LogP contribution in [0.25, 0.3) is 0 Å². The van der Waals surface area contributed by atoms with E-state index in [-0.39, 0.29) is 12.0 Å². The first-order chi connectivity index (χ1) is 8.00. The van der Waals surface area contributed by atoms with Crippen LogP contribution in [0.2, 0.25) is 0 Å². The van der Waals surface area contributed by atoms with Gasteiger partial charge in [0.1, 0.15) is 0 Å². The summed E-state index contributed by atoms with van der Waals surface area (Å²) in [7, 11) is 0. The van der Waals surface area contributed by atoms with Crippen molar-refractivity contribution in [1.29, 1.82) is 0 Å². The van der Waals surface area contributed by atoms with E-state index >= 15 is 0 Å². The molecule has 0 spiro atoms. The number of benzene rings is 1. The molecule has 0 atom stereocenters. The van der Waals surface area contributed by atoms with Crippen molar-refractivity contribution >= 4 is 17.3 Å². The van der Waals surface area contributed by atoms with Gasteiger partial charge >= 0.3 is 0 Å². The van der Waals surface area contributed by atoms with Gasteiger partial charge in [-0.15, -0.1) is 0 Å². The third-order valence-electron chi connectivity index (χ3n) is 2.16. The molecule has 0 aliphatic carbocycles. The zero-order valence-electron chi connectivity index (χ0n) is 10.2. The van der Waals surface area contributed by atoms with Crippen molar-refractivity contribution in [3.8, 4) is 0 Å². The monoisotopic (exact) mass is 237 g/mol. The molecule has 5 N–H and O–H groups in total. The maximum Gasteiger partial charge on any atom is 0.253 e. The van der Waals surface area contributed by atoms with Gasteiger partial charge in [-0.05, 0) is 32.0 Å². The van der Waals surface area contributed by atoms with E-state index in [1.165, 1.54) is 0 Å². The molecule has 5 nitrogen and oxygen atoms in total. The largest absolute Gasteiger partial charge is 0.399 e. The molecule has 0 aliphatic heterocycles. The molecule has 94 valence electrons. The lowest BCUT2D eigenvalue weighted by Crippen LogP contribution is -2.28. The van der Waals surface area contributed by atoms with Gasteiger partial charge in [0, 0.05) is 17.9 Å². The van der Waals surface area contributed by atoms with Gasteiger partial charge in [0.2, 0.25) is 0 Å². The molecule has 0 unspecified atom stereocenters. The number of anilines is 2. The molecule has 0 aliphatic rings. The average Bonchev–Trinajstić information content (AvgIpc) is 2.23. The number of amides is 1. The summed E-state index contributed by atoms with van der Waals surface area (Å²) in [5.41, 5.74) is 12.6. The number of hydrogen-bond acceptors (Lipinski definition) is 4. The molecular formula is C12H19N3O2. The highest BCUT2D eigenvalue weighted by Gasteiger charge is 2.08. The van der Waals surface area contributed by atoms with Crippen molar-refractivity contribution in [2.45, 2.75) is 20.0 Å². The molecular weight excluding hydrogens is 218 g/mol. The molecule has 0 saturated carbocycles. The van der Waals surface area contributed by atoms with E-state index in [1.807, 2.05) is 13.8 Å². The first kappa shape index (κ1) is 13.3. The zero-order chi connectivity index (χ0) is 12.8. The number of carbonyl (C=O) groups is 1. The normalized spacial score (nSPS) is 10.5. The van der Waals surface area contributed by atoms with Crippen molar-refractivity contribution in [2.75, 3.05) is 24.6 Å². The van der Waals surface area contributed by atoms with Crippen molar-refractivity contribution in [1.82, 2.24) is 5.32 Å². The minimum Gasteiger partial charge on any atom is -0.399 e. The molecule has 0 fully saturated rings. The fraction of sp³-hybridized carbons (Fsp3) is 0.417. The SMILES string of the molecule is CC(C)OCCNC(=O)c1ccc(N)cc1N. The number of ether oxygens (including phenoxy) is 1. The van der Waals surface area contributed by atoms with Gasteiger partial charge in [-0.3, -0.25) is 4.79 Å². The number of rotatable bonds is 5. The van der Waals surface area contributed by atoms with E-state index in [9.17, 15) is 4.79 Å². The second kappa shape index (κ2) is 6.10. The Morgan fingerprint density at radius 1 is 1.41 bits per heavy atom. The van der Waals surface area contributed by atoms with E-state index in [4.69, 9.17) is 16.2 Å². The average molecular weight is 237 g/mol. The van der Waals surface area contributed by atoms with E-state index in [1.54, 1.807) is 18.2 Å². The number of hydrogen-bond donors (Lipinski definition) is 3. The topological polar surface area (TPSA) is 90.4 Å². The van der Waals surface area contributed by atoms with Crippen LogP contribution in [0, 0.1) is 0 Å². The van der Waals surface area contributed by atoms with Gasteiger partial charge < -0.3 is 21.5 Å². The standard InChI is InChI=1S/C12H19N3O2/c1-8(2)17-6-5-15-12(16)10-4-3-9(13)7-11(10)14/h3-4,7-8H,5-6,13-14H2,1-2H3,(H,15,16). The summed E-state index contributed by atoms with van der Waals surface area (Å²) >= 11 is 0. The molecule has 17 heavy (non-hydrogen) atoms. The fourth-order valence-corrected chi connectivity index (χ4v) is 1.34. The molecule has 1 rings (SSSR count). The Hall–Kier alpha value is -1.75. The van der Waals surface area contributed by atoms with Crippen LogP contribution < -0.4 is 16.8 Å². The van der Waals surface area contributed by atoms with Gasteiger partial charge in [-0.2, -0.15) is 0 Å². The lowest BCUT2D eigenvalue weighted by atomic mass is 10.1. The van der Waals surface area contributed by atoms with E-state index in [0.717, 1.165) is 0 Å². The van der Waals surface area contributed by atoms with Gasteiger partial charge in [-0.1, -0.05) is 0 Å². The lowest BCUT2D eigenvalue weighted by molar-refractivity contribution is 0.0747. The Bertz CT molecular complexity index is 391. The number of nitrogen functional groups attached to an aromatic ring is 2. The third kappa shape index (κ3) is 4.32. The van der Waals surface area contributed by atoms with Gasteiger partial charge in [0.15, 0.2) is 0 Å². The summed E-state index contributed by atoms with van der Waals surface area (Å²) < 4.78 is 5.31. The van der Waals surface area contributed by atoms with Crippen LogP contribution >= 0.6 is 0 Å². The van der Waals surface area contributed by atoms with Gasteiger partial charge in [-0.25, -0.2) is 0 Å². The predicted octanol–water partition coefficient (Wildman–Crippen LogP) is 1.01. The summed E-state index contributed by atoms with van der Waals surface area (Å²) in [5.74, 6) is -0.213. The zero-order valence-corrected chi connectivity index (χ0v) is 10.2. The smallest absolute Gasteiger partial charge is 0.253 e. The summed E-state index contributed by atoms with van der Waals surface area (Å²) in [4.78, 5) is 11.7. The number of nitrogens with one attached hydrogen (secondary N) is 1. The summed E-state index contributed by atoms with van der Waals surface area (Å²) in [5, 5.41) is 2.73. The molecule has 5 heteroatoms. The van der Waals surface area contributed by atoms with Crippen LogP contribution in [-0.4, -0.2) is 25.2 Å². The number of nitrogens with two attached hydrogens (primary N) is 2. The van der Waals surface area contributed by atoms with Crippen molar-refractivity contribution in [2.24, 2.45) is 0 Å². The van der Waals surface area contributed by atoms with Crippen LogP contribution in [0.3, 0.4) is 0 Å². The van der Waals surface area contributed by atoms with Crippen LogP contribution in [0.1, 0.15) is 24.2 Å². The Labute approximate surface area is 101 Å². The molecule has 1 aromatic rings. The van der Waals surface area contributed by atoms with Crippen LogP contribution in [0.15, 0.2) is 18.2 Å². The molecule has 1 amide bonds. The summed E-state index contributed by atoms with van der Waals surface area (Å²) in [6, 6.07) is 4.83. The summed E-state index contributed by atoms with van der Waals surface area (Å²) in [6.07, 6.45) is 0.161. The van der Waals surface area contributed by atoms with E-state index < -0.39 is 0 Å². The Balaban J connectivity index is 2.47. The quantitative estimate of drug-likeness (QED) is 0.526. The molecule has 0 bridgehead atoms. The highest BCUT2D eigenvalue weighted by atomic mass is 16.5. The van der Waals surface area contributed by atoms with Gasteiger partial charge in [0.05, 0.1) is 18.3 Å². The maximum atomic E-state index is 11.7. The fourth-order valence-electron chi connectivity index (χ4n) is 1.34. The van der Waals surface area contributed by atoms with Crippen LogP contribution in [0.4, 0.5) is 11.4 Å². The van der Waals surface area contributed by atoms with Gasteiger partial charge in [0.25, 0.3) is 5.91 Å². The van der Waals surface area contributed by atoms with Crippen molar-refractivity contribution in [3.63, 3.8) is 0 Å². The maximum absolute atomic E-state index is 11.7. The number of carbonyl (C=O) groups excluding carboxylic acids is 1. The first-order valence-electron chi connectivity index (χ1n) is 5.55. The van der Waals surface area contributed by atoms with Crippen LogP contribution in [0.5, 0.6) is 0 Å². The Kier molecular flexibility index (Phi) is 4.78. The van der Waals surface area contributed by atoms with Crippen molar-refractivity contribution < 1.29 is 9.53 Å². The first-order valence-corrected chi connectivity index (χ1v) is 5.55. The summed E-state index contributed by atoms with van der Waals surface area (Å²) in [6.45, 7) is 4.83. The molecule has 0 aromatic heterocycles. The molecule has 0 saturated heterocycles. The predicted molar refractivity (Wildman–Crippen MR) is 68.7 cm³/mol. The van der Waals surface area contributed by atoms with E-state index in [0.29, 0.717) is 30.1 Å². The third-order valence-corrected chi connectivity index (χ3v) is 2.16. The molecule has 1 aromatic carbocycles. The molecule has 0 heterocycles. The highest BCUT2D eigenvalue weighted by molar-refractivity contribution is 5.99. The minimum absolute atomic E-state index is 0.161. The lowest BCUT2D eigenvalue weighted by Gasteiger charge is -2.10. The minimum atomic E-state index is -0.213. The van der Waals surface area contributed by atoms with E-state index in [2.05, 4.69) is 5.32 Å². The molecule has 0 radical (unpaired) electrons. The highest BCUT2D eigenvalue weighted by Crippen LogP contribution is 2.15. The Morgan fingerprint density at radius 2 is 2.12 bits per heavy atom.